The summed E-state index contributed by atoms with van der Waals surface area (Å²) in [7, 11) is 0. The molecule has 1 amide bonds. The summed E-state index contributed by atoms with van der Waals surface area (Å²) in [6.45, 7) is 8.17. The van der Waals surface area contributed by atoms with Crippen molar-refractivity contribution in [2.24, 2.45) is 0 Å². The molecule has 0 fully saturated rings. The SMILES string of the molecule is CC(CC(=O)O)NC(=O)CSc1ccc(C(C)(C)C)cc1. The number of thioether (sulfide) groups is 1. The van der Waals surface area contributed by atoms with E-state index in [-0.39, 0.29) is 23.8 Å². The molecule has 0 aromatic heterocycles. The molecule has 1 aromatic carbocycles. The number of rotatable bonds is 6. The molecule has 116 valence electrons. The number of carbonyl (C=O) groups is 2. The highest BCUT2D eigenvalue weighted by Gasteiger charge is 2.14. The summed E-state index contributed by atoms with van der Waals surface area (Å²) < 4.78 is 0. The third-order valence-corrected chi connectivity index (χ3v) is 3.99. The fraction of sp³-hybridized carbons (Fsp3) is 0.500. The van der Waals surface area contributed by atoms with Crippen molar-refractivity contribution in [1.82, 2.24) is 5.32 Å². The molecule has 0 radical (unpaired) electrons. The highest BCUT2D eigenvalue weighted by molar-refractivity contribution is 8.00. The predicted octanol–water partition coefficient (Wildman–Crippen LogP) is 3.06. The van der Waals surface area contributed by atoms with E-state index >= 15 is 0 Å². The monoisotopic (exact) mass is 309 g/mol. The number of carboxylic acid groups (broad SMARTS) is 1. The van der Waals surface area contributed by atoms with Crippen LogP contribution >= 0.6 is 11.8 Å². The summed E-state index contributed by atoms with van der Waals surface area (Å²) >= 11 is 1.45. The van der Waals surface area contributed by atoms with Gasteiger partial charge < -0.3 is 10.4 Å². The van der Waals surface area contributed by atoms with E-state index in [2.05, 4.69) is 38.2 Å². The molecule has 1 aromatic rings. The van der Waals surface area contributed by atoms with Crippen LogP contribution in [0.25, 0.3) is 0 Å². The Morgan fingerprint density at radius 1 is 1.24 bits per heavy atom. The molecule has 0 aliphatic rings. The zero-order valence-corrected chi connectivity index (χ0v) is 13.8. The summed E-state index contributed by atoms with van der Waals surface area (Å²) in [4.78, 5) is 23.3. The van der Waals surface area contributed by atoms with Gasteiger partial charge >= 0.3 is 5.97 Å². The fourth-order valence-corrected chi connectivity index (χ4v) is 2.54. The van der Waals surface area contributed by atoms with E-state index in [1.54, 1.807) is 6.92 Å². The molecule has 0 aliphatic carbocycles. The largest absolute Gasteiger partial charge is 0.481 e. The van der Waals surface area contributed by atoms with E-state index in [0.29, 0.717) is 5.75 Å². The molecule has 2 N–H and O–H groups in total. The second kappa shape index (κ2) is 7.50. The molecular formula is C16H23NO3S. The van der Waals surface area contributed by atoms with E-state index in [0.717, 1.165) is 4.90 Å². The van der Waals surface area contributed by atoms with Crippen LogP contribution in [-0.4, -0.2) is 28.8 Å². The van der Waals surface area contributed by atoms with Crippen LogP contribution < -0.4 is 5.32 Å². The van der Waals surface area contributed by atoms with Crippen molar-refractivity contribution in [2.45, 2.75) is 50.5 Å². The Morgan fingerprint density at radius 2 is 1.81 bits per heavy atom. The van der Waals surface area contributed by atoms with E-state index in [1.807, 2.05) is 12.1 Å². The Hall–Kier alpha value is -1.49. The van der Waals surface area contributed by atoms with Gasteiger partial charge in [0.1, 0.15) is 0 Å². The van der Waals surface area contributed by atoms with Gasteiger partial charge in [0.25, 0.3) is 0 Å². The number of carboxylic acids is 1. The third kappa shape index (κ3) is 6.67. The Balaban J connectivity index is 2.45. The van der Waals surface area contributed by atoms with Gasteiger partial charge in [0.2, 0.25) is 5.91 Å². The second-order valence-electron chi connectivity index (χ2n) is 6.13. The van der Waals surface area contributed by atoms with Crippen molar-refractivity contribution in [3.8, 4) is 0 Å². The lowest BCUT2D eigenvalue weighted by atomic mass is 9.87. The van der Waals surface area contributed by atoms with Gasteiger partial charge in [0.15, 0.2) is 0 Å². The van der Waals surface area contributed by atoms with Crippen LogP contribution in [0.5, 0.6) is 0 Å². The molecule has 4 nitrogen and oxygen atoms in total. The Morgan fingerprint density at radius 3 is 2.29 bits per heavy atom. The Bertz CT molecular complexity index is 491. The van der Waals surface area contributed by atoms with Crippen molar-refractivity contribution < 1.29 is 14.7 Å². The minimum atomic E-state index is -0.909. The molecule has 1 atom stereocenters. The highest BCUT2D eigenvalue weighted by atomic mass is 32.2. The van der Waals surface area contributed by atoms with Crippen molar-refractivity contribution in [2.75, 3.05) is 5.75 Å². The summed E-state index contributed by atoms with van der Waals surface area (Å²) in [6.07, 6.45) is -0.0588. The number of amides is 1. The molecule has 0 bridgehead atoms. The van der Waals surface area contributed by atoms with Gasteiger partial charge in [-0.25, -0.2) is 0 Å². The van der Waals surface area contributed by atoms with Crippen LogP contribution in [-0.2, 0) is 15.0 Å². The van der Waals surface area contributed by atoms with Crippen molar-refractivity contribution in [1.29, 1.82) is 0 Å². The topological polar surface area (TPSA) is 66.4 Å². The lowest BCUT2D eigenvalue weighted by Crippen LogP contribution is -2.35. The number of nitrogens with one attached hydrogen (secondary N) is 1. The van der Waals surface area contributed by atoms with Gasteiger partial charge in [-0.2, -0.15) is 0 Å². The molecule has 21 heavy (non-hydrogen) atoms. The summed E-state index contributed by atoms with van der Waals surface area (Å²) in [6, 6.07) is 7.83. The van der Waals surface area contributed by atoms with E-state index in [9.17, 15) is 9.59 Å². The number of hydrogen-bond donors (Lipinski definition) is 2. The zero-order chi connectivity index (χ0) is 16.0. The first kappa shape index (κ1) is 17.6. The molecule has 0 aliphatic heterocycles. The van der Waals surface area contributed by atoms with Crippen LogP contribution in [0.1, 0.15) is 39.7 Å². The van der Waals surface area contributed by atoms with Crippen LogP contribution in [0.15, 0.2) is 29.2 Å². The van der Waals surface area contributed by atoms with Crippen LogP contribution in [0.3, 0.4) is 0 Å². The lowest BCUT2D eigenvalue weighted by molar-refractivity contribution is -0.137. The first-order valence-corrected chi connectivity index (χ1v) is 7.91. The normalized spacial score (nSPS) is 12.8. The second-order valence-corrected chi connectivity index (χ2v) is 7.18. The summed E-state index contributed by atoms with van der Waals surface area (Å²) in [5.74, 6) is -0.763. The van der Waals surface area contributed by atoms with Crippen LogP contribution in [0.4, 0.5) is 0 Å². The minimum Gasteiger partial charge on any atom is -0.481 e. The molecular weight excluding hydrogens is 286 g/mol. The van der Waals surface area contributed by atoms with Crippen molar-refractivity contribution >= 4 is 23.6 Å². The maximum absolute atomic E-state index is 11.7. The third-order valence-electron chi connectivity index (χ3n) is 2.98. The Labute approximate surface area is 130 Å². The zero-order valence-electron chi connectivity index (χ0n) is 13.0. The highest BCUT2D eigenvalue weighted by Crippen LogP contribution is 2.25. The fourth-order valence-electron chi connectivity index (χ4n) is 1.83. The lowest BCUT2D eigenvalue weighted by Gasteiger charge is -2.19. The standard InChI is InChI=1S/C16H23NO3S/c1-11(9-15(19)20)17-14(18)10-21-13-7-5-12(6-8-13)16(2,3)4/h5-8,11H,9-10H2,1-4H3,(H,17,18)(H,19,20). The van der Waals surface area contributed by atoms with Crippen molar-refractivity contribution in [3.63, 3.8) is 0 Å². The number of aliphatic carboxylic acids is 1. The molecule has 1 rings (SSSR count). The van der Waals surface area contributed by atoms with E-state index in [4.69, 9.17) is 5.11 Å². The first-order valence-electron chi connectivity index (χ1n) is 6.93. The summed E-state index contributed by atoms with van der Waals surface area (Å²) in [5.41, 5.74) is 1.37. The van der Waals surface area contributed by atoms with Gasteiger partial charge in [0.05, 0.1) is 12.2 Å². The average molecular weight is 309 g/mol. The van der Waals surface area contributed by atoms with E-state index in [1.165, 1.54) is 17.3 Å². The summed E-state index contributed by atoms with van der Waals surface area (Å²) in [5, 5.41) is 11.3. The van der Waals surface area contributed by atoms with Gasteiger partial charge in [0, 0.05) is 10.9 Å². The molecule has 0 spiro atoms. The molecule has 1 unspecified atom stereocenters. The quantitative estimate of drug-likeness (QED) is 0.793. The smallest absolute Gasteiger partial charge is 0.305 e. The van der Waals surface area contributed by atoms with Gasteiger partial charge in [-0.3, -0.25) is 9.59 Å². The molecule has 0 heterocycles. The van der Waals surface area contributed by atoms with Crippen LogP contribution in [0, 0.1) is 0 Å². The number of hydrogen-bond acceptors (Lipinski definition) is 3. The molecule has 0 saturated heterocycles. The number of benzene rings is 1. The number of carbonyl (C=O) groups excluding carboxylic acids is 1. The minimum absolute atomic E-state index is 0.0588. The predicted molar refractivity (Wildman–Crippen MR) is 85.7 cm³/mol. The van der Waals surface area contributed by atoms with Gasteiger partial charge in [-0.1, -0.05) is 32.9 Å². The van der Waals surface area contributed by atoms with Crippen molar-refractivity contribution in [3.05, 3.63) is 29.8 Å². The molecule has 5 heteroatoms. The first-order chi connectivity index (χ1) is 9.68. The average Bonchev–Trinajstić information content (AvgIpc) is 2.34. The maximum Gasteiger partial charge on any atom is 0.305 e. The Kier molecular flexibility index (Phi) is 6.27. The van der Waals surface area contributed by atoms with Gasteiger partial charge in [-0.05, 0) is 30.0 Å². The van der Waals surface area contributed by atoms with E-state index < -0.39 is 5.97 Å². The molecule has 0 saturated carbocycles. The van der Waals surface area contributed by atoms with Crippen LogP contribution in [0.2, 0.25) is 0 Å². The van der Waals surface area contributed by atoms with Gasteiger partial charge in [-0.15, -0.1) is 11.8 Å². The maximum atomic E-state index is 11.7.